The number of hydrogen-bond donors (Lipinski definition) is 2. The van der Waals surface area contributed by atoms with E-state index in [2.05, 4.69) is 32.6 Å². The predicted octanol–water partition coefficient (Wildman–Crippen LogP) is 0.586. The molecule has 0 bridgehead atoms. The van der Waals surface area contributed by atoms with Crippen molar-refractivity contribution in [2.75, 3.05) is 26.2 Å². The Bertz CT molecular complexity index is 213. The van der Waals surface area contributed by atoms with E-state index >= 15 is 0 Å². The summed E-state index contributed by atoms with van der Waals surface area (Å²) in [5, 5.41) is 8.85. The second kappa shape index (κ2) is 5.00. The van der Waals surface area contributed by atoms with Crippen molar-refractivity contribution in [3.63, 3.8) is 0 Å². The molecule has 0 aliphatic carbocycles. The second-order valence-electron chi connectivity index (χ2n) is 6.06. The van der Waals surface area contributed by atoms with Crippen molar-refractivity contribution in [1.82, 2.24) is 4.90 Å². The van der Waals surface area contributed by atoms with Gasteiger partial charge in [-0.3, -0.25) is 4.90 Å². The van der Waals surface area contributed by atoms with Crippen LogP contribution in [0.3, 0.4) is 0 Å². The smallest absolute Gasteiger partial charge is 0.0760 e. The van der Waals surface area contributed by atoms with Crippen molar-refractivity contribution in [2.45, 2.75) is 51.4 Å². The maximum atomic E-state index is 8.85. The second-order valence-corrected chi connectivity index (χ2v) is 6.06. The van der Waals surface area contributed by atoms with Crippen molar-refractivity contribution in [2.24, 2.45) is 5.73 Å². The molecule has 1 rings (SSSR count). The zero-order valence-corrected chi connectivity index (χ0v) is 11.0. The Kier molecular flexibility index (Phi) is 4.35. The van der Waals surface area contributed by atoms with E-state index in [0.717, 1.165) is 19.6 Å². The molecular weight excluding hydrogens is 204 g/mol. The lowest BCUT2D eigenvalue weighted by atomic mass is 9.98. The zero-order chi connectivity index (χ0) is 12.4. The molecule has 0 radical (unpaired) electrons. The van der Waals surface area contributed by atoms with Crippen LogP contribution in [0, 0.1) is 0 Å². The van der Waals surface area contributed by atoms with Crippen LogP contribution >= 0.6 is 0 Å². The molecule has 1 aliphatic rings. The summed E-state index contributed by atoms with van der Waals surface area (Å²) in [6.45, 7) is 11.2. The Morgan fingerprint density at radius 3 is 2.19 bits per heavy atom. The number of hydrogen-bond acceptors (Lipinski definition) is 4. The van der Waals surface area contributed by atoms with E-state index in [1.165, 1.54) is 0 Å². The van der Waals surface area contributed by atoms with Gasteiger partial charge in [0.05, 0.1) is 11.2 Å². The van der Waals surface area contributed by atoms with Crippen molar-refractivity contribution < 1.29 is 9.84 Å². The molecule has 1 heterocycles. The summed E-state index contributed by atoms with van der Waals surface area (Å²) in [7, 11) is 0. The van der Waals surface area contributed by atoms with Crippen LogP contribution in [0.4, 0.5) is 0 Å². The van der Waals surface area contributed by atoms with Crippen LogP contribution in [0.1, 0.15) is 34.1 Å². The normalized spacial score (nSPS) is 26.6. The van der Waals surface area contributed by atoms with E-state index < -0.39 is 0 Å². The zero-order valence-electron chi connectivity index (χ0n) is 11.0. The molecule has 1 aliphatic heterocycles. The van der Waals surface area contributed by atoms with Gasteiger partial charge in [-0.15, -0.1) is 0 Å². The topological polar surface area (TPSA) is 58.7 Å². The summed E-state index contributed by atoms with van der Waals surface area (Å²) in [6, 6.07) is 0.0506. The molecule has 0 spiro atoms. The highest BCUT2D eigenvalue weighted by atomic mass is 16.5. The fourth-order valence-electron chi connectivity index (χ4n) is 2.66. The van der Waals surface area contributed by atoms with Gasteiger partial charge in [-0.2, -0.15) is 0 Å². The summed E-state index contributed by atoms with van der Waals surface area (Å²) < 4.78 is 6.00. The highest BCUT2D eigenvalue weighted by Crippen LogP contribution is 2.27. The molecule has 1 unspecified atom stereocenters. The molecule has 0 aromatic carbocycles. The van der Waals surface area contributed by atoms with Gasteiger partial charge in [0.1, 0.15) is 0 Å². The molecule has 1 atom stereocenters. The van der Waals surface area contributed by atoms with E-state index in [9.17, 15) is 0 Å². The third kappa shape index (κ3) is 4.37. The maximum Gasteiger partial charge on any atom is 0.0760 e. The molecule has 0 amide bonds. The lowest BCUT2D eigenvalue weighted by Crippen LogP contribution is -2.59. The molecule has 1 saturated heterocycles. The lowest BCUT2D eigenvalue weighted by Gasteiger charge is -2.47. The number of morpholine rings is 1. The molecular formula is C12H26N2O2. The van der Waals surface area contributed by atoms with Crippen molar-refractivity contribution >= 4 is 0 Å². The van der Waals surface area contributed by atoms with Crippen molar-refractivity contribution in [3.05, 3.63) is 0 Å². The summed E-state index contributed by atoms with van der Waals surface area (Å²) in [4.78, 5) is 2.34. The Morgan fingerprint density at radius 2 is 1.75 bits per heavy atom. The number of aliphatic hydroxyl groups excluding tert-OH is 1. The Balaban J connectivity index is 2.54. The molecule has 3 N–H and O–H groups in total. The van der Waals surface area contributed by atoms with Gasteiger partial charge in [0.2, 0.25) is 0 Å². The first-order chi connectivity index (χ1) is 7.24. The molecule has 16 heavy (non-hydrogen) atoms. The van der Waals surface area contributed by atoms with Crippen LogP contribution in [0.15, 0.2) is 0 Å². The van der Waals surface area contributed by atoms with Crippen LogP contribution < -0.4 is 5.73 Å². The van der Waals surface area contributed by atoms with Gasteiger partial charge < -0.3 is 15.6 Å². The number of aliphatic hydroxyl groups is 1. The predicted molar refractivity (Wildman–Crippen MR) is 65.4 cm³/mol. The summed E-state index contributed by atoms with van der Waals surface area (Å²) in [6.07, 6.45) is 0.665. The minimum Gasteiger partial charge on any atom is -0.396 e. The van der Waals surface area contributed by atoms with E-state index in [0.29, 0.717) is 6.42 Å². The van der Waals surface area contributed by atoms with Gasteiger partial charge in [-0.25, -0.2) is 0 Å². The van der Waals surface area contributed by atoms with Crippen molar-refractivity contribution in [3.8, 4) is 0 Å². The van der Waals surface area contributed by atoms with Crippen LogP contribution in [-0.4, -0.2) is 53.5 Å². The van der Waals surface area contributed by atoms with Crippen LogP contribution in [0.5, 0.6) is 0 Å². The van der Waals surface area contributed by atoms with Gasteiger partial charge in [0.15, 0.2) is 0 Å². The number of ether oxygens (including phenoxy) is 1. The monoisotopic (exact) mass is 230 g/mol. The van der Waals surface area contributed by atoms with Crippen LogP contribution in [0.25, 0.3) is 0 Å². The number of nitrogens with two attached hydrogens (primary N) is 1. The molecule has 0 aromatic heterocycles. The summed E-state index contributed by atoms with van der Waals surface area (Å²) in [5.41, 5.74) is 5.70. The van der Waals surface area contributed by atoms with Gasteiger partial charge in [0, 0.05) is 32.3 Å². The lowest BCUT2D eigenvalue weighted by molar-refractivity contribution is -0.181. The Labute approximate surface area is 98.8 Å². The van der Waals surface area contributed by atoms with Gasteiger partial charge in [-0.1, -0.05) is 0 Å². The Hall–Kier alpha value is -0.160. The third-order valence-corrected chi connectivity index (χ3v) is 2.75. The summed E-state index contributed by atoms with van der Waals surface area (Å²) >= 11 is 0. The first kappa shape index (κ1) is 13.9. The van der Waals surface area contributed by atoms with Gasteiger partial charge in [0.25, 0.3) is 0 Å². The van der Waals surface area contributed by atoms with E-state index in [1.54, 1.807) is 0 Å². The fourth-order valence-corrected chi connectivity index (χ4v) is 2.66. The number of nitrogens with zero attached hydrogens (tertiary/aromatic N) is 1. The highest BCUT2D eigenvalue weighted by molar-refractivity contribution is 4.90. The largest absolute Gasteiger partial charge is 0.396 e. The quantitative estimate of drug-likeness (QED) is 0.742. The minimum absolute atomic E-state index is 0.0506. The van der Waals surface area contributed by atoms with E-state index in [-0.39, 0.29) is 23.9 Å². The third-order valence-electron chi connectivity index (χ3n) is 2.75. The molecule has 0 aromatic rings. The van der Waals surface area contributed by atoms with Gasteiger partial charge >= 0.3 is 0 Å². The standard InChI is InChI=1S/C12H26N2O2/c1-11(2)8-14(7-10(13)5-6-15)9-12(3,4)16-11/h10,15H,5-9,13H2,1-4H3. The van der Waals surface area contributed by atoms with Gasteiger partial charge in [-0.05, 0) is 34.1 Å². The summed E-state index contributed by atoms with van der Waals surface area (Å²) in [5.74, 6) is 0. The molecule has 96 valence electrons. The van der Waals surface area contributed by atoms with Crippen LogP contribution in [0.2, 0.25) is 0 Å². The Morgan fingerprint density at radius 1 is 1.25 bits per heavy atom. The van der Waals surface area contributed by atoms with E-state index in [4.69, 9.17) is 15.6 Å². The average molecular weight is 230 g/mol. The minimum atomic E-state index is -0.124. The average Bonchev–Trinajstić information content (AvgIpc) is 1.96. The fraction of sp³-hybridized carbons (Fsp3) is 1.00. The van der Waals surface area contributed by atoms with Crippen LogP contribution in [-0.2, 0) is 4.74 Å². The van der Waals surface area contributed by atoms with E-state index in [1.807, 2.05) is 0 Å². The SMILES string of the molecule is CC1(C)CN(CC(N)CCO)CC(C)(C)O1. The highest BCUT2D eigenvalue weighted by Gasteiger charge is 2.38. The van der Waals surface area contributed by atoms with Crippen molar-refractivity contribution in [1.29, 1.82) is 0 Å². The molecule has 4 heteroatoms. The molecule has 4 nitrogen and oxygen atoms in total. The molecule has 0 saturated carbocycles. The first-order valence-electron chi connectivity index (χ1n) is 6.03. The molecule has 1 fully saturated rings. The first-order valence-corrected chi connectivity index (χ1v) is 6.03. The number of rotatable bonds is 4. The maximum absolute atomic E-state index is 8.85.